The van der Waals surface area contributed by atoms with Crippen molar-refractivity contribution in [3.63, 3.8) is 0 Å². The van der Waals surface area contributed by atoms with Crippen LogP contribution >= 0.6 is 0 Å². The summed E-state index contributed by atoms with van der Waals surface area (Å²) in [5.41, 5.74) is 0.852. The minimum absolute atomic E-state index is 0.0337. The van der Waals surface area contributed by atoms with E-state index in [1.807, 2.05) is 54.6 Å². The number of aliphatic hydroxyl groups is 1. The Kier molecular flexibility index (Phi) is 3.33. The predicted octanol–water partition coefficient (Wildman–Crippen LogP) is 2.98. The first kappa shape index (κ1) is 14.8. The molecule has 1 aliphatic rings. The minimum atomic E-state index is -1.07. The molecule has 2 aromatic carbocycles. The molecule has 3 nitrogen and oxygen atoms in total. The second-order valence-electron chi connectivity index (χ2n) is 6.49. The van der Waals surface area contributed by atoms with Gasteiger partial charge in [0.15, 0.2) is 0 Å². The SMILES string of the molecule is CN1C(=O)c2ccccc2C1(Cc1ccccc1)C(C)(C)O. The molecule has 0 fully saturated rings. The second kappa shape index (κ2) is 4.96. The number of fused-ring (bicyclic) bond motifs is 1. The number of rotatable bonds is 3. The van der Waals surface area contributed by atoms with Crippen LogP contribution < -0.4 is 0 Å². The maximum Gasteiger partial charge on any atom is 0.254 e. The third kappa shape index (κ3) is 1.97. The van der Waals surface area contributed by atoms with Crippen LogP contribution in [0.1, 0.15) is 35.3 Å². The molecule has 2 aromatic rings. The van der Waals surface area contributed by atoms with Crippen molar-refractivity contribution in [1.29, 1.82) is 0 Å². The second-order valence-corrected chi connectivity index (χ2v) is 6.49. The lowest BCUT2D eigenvalue weighted by Crippen LogP contribution is -2.57. The van der Waals surface area contributed by atoms with Gasteiger partial charge in [0.05, 0.1) is 5.60 Å². The Labute approximate surface area is 131 Å². The van der Waals surface area contributed by atoms with Gasteiger partial charge in [-0.15, -0.1) is 0 Å². The van der Waals surface area contributed by atoms with E-state index >= 15 is 0 Å². The fourth-order valence-electron chi connectivity index (χ4n) is 3.63. The summed E-state index contributed by atoms with van der Waals surface area (Å²) in [5.74, 6) is -0.0337. The first-order chi connectivity index (χ1) is 10.4. The molecular formula is C19H21NO2. The quantitative estimate of drug-likeness (QED) is 0.945. The average molecular weight is 295 g/mol. The third-order valence-corrected chi connectivity index (χ3v) is 4.80. The zero-order chi connectivity index (χ0) is 16.0. The highest BCUT2D eigenvalue weighted by molar-refractivity contribution is 6.00. The van der Waals surface area contributed by atoms with Crippen LogP contribution in [-0.4, -0.2) is 28.6 Å². The number of hydrogen-bond donors (Lipinski definition) is 1. The Balaban J connectivity index is 2.22. The van der Waals surface area contributed by atoms with Crippen LogP contribution in [0.25, 0.3) is 0 Å². The molecule has 0 radical (unpaired) electrons. The molecule has 114 valence electrons. The standard InChI is InChI=1S/C19H21NO2/c1-18(2,22)19(13-14-9-5-4-6-10-14)16-12-8-7-11-15(16)17(21)20(19)3/h4-12,22H,13H2,1-3H3. The van der Waals surface area contributed by atoms with E-state index in [2.05, 4.69) is 0 Å². The summed E-state index contributed by atoms with van der Waals surface area (Å²) >= 11 is 0. The third-order valence-electron chi connectivity index (χ3n) is 4.80. The van der Waals surface area contributed by atoms with Crippen LogP contribution in [0.15, 0.2) is 54.6 Å². The molecule has 0 aliphatic carbocycles. The van der Waals surface area contributed by atoms with Crippen molar-refractivity contribution in [2.24, 2.45) is 0 Å². The van der Waals surface area contributed by atoms with Crippen LogP contribution in [-0.2, 0) is 12.0 Å². The van der Waals surface area contributed by atoms with Gasteiger partial charge in [0.2, 0.25) is 0 Å². The van der Waals surface area contributed by atoms with Crippen molar-refractivity contribution in [1.82, 2.24) is 4.90 Å². The van der Waals surface area contributed by atoms with Crippen LogP contribution in [0, 0.1) is 0 Å². The van der Waals surface area contributed by atoms with Gasteiger partial charge in [-0.2, -0.15) is 0 Å². The summed E-state index contributed by atoms with van der Waals surface area (Å²) in [4.78, 5) is 14.4. The maximum absolute atomic E-state index is 12.7. The van der Waals surface area contributed by atoms with Crippen LogP contribution in [0.5, 0.6) is 0 Å². The zero-order valence-electron chi connectivity index (χ0n) is 13.2. The van der Waals surface area contributed by atoms with Gasteiger partial charge in [-0.1, -0.05) is 48.5 Å². The molecule has 0 saturated carbocycles. The summed E-state index contributed by atoms with van der Waals surface area (Å²) in [6, 6.07) is 17.6. The van der Waals surface area contributed by atoms with Crippen molar-refractivity contribution >= 4 is 5.91 Å². The van der Waals surface area contributed by atoms with E-state index in [9.17, 15) is 9.90 Å². The first-order valence-corrected chi connectivity index (χ1v) is 7.52. The summed E-state index contributed by atoms with van der Waals surface area (Å²) in [6.45, 7) is 3.56. The number of carbonyl (C=O) groups excluding carboxylic acids is 1. The molecule has 0 spiro atoms. The number of hydrogen-bond acceptors (Lipinski definition) is 2. The Morgan fingerprint density at radius 3 is 2.27 bits per heavy atom. The molecule has 1 heterocycles. The largest absolute Gasteiger partial charge is 0.388 e. The molecule has 1 atom stereocenters. The van der Waals surface area contributed by atoms with Crippen LogP contribution in [0.4, 0.5) is 0 Å². The number of carbonyl (C=O) groups is 1. The molecule has 1 N–H and O–H groups in total. The molecule has 0 aromatic heterocycles. The van der Waals surface area contributed by atoms with Gasteiger partial charge in [0.25, 0.3) is 5.91 Å². The van der Waals surface area contributed by atoms with E-state index in [0.29, 0.717) is 12.0 Å². The van der Waals surface area contributed by atoms with Crippen molar-refractivity contribution in [3.8, 4) is 0 Å². The topological polar surface area (TPSA) is 40.5 Å². The summed E-state index contributed by atoms with van der Waals surface area (Å²) in [7, 11) is 1.78. The number of amides is 1. The van der Waals surface area contributed by atoms with Crippen molar-refractivity contribution < 1.29 is 9.90 Å². The molecule has 1 amide bonds. The fourth-order valence-corrected chi connectivity index (χ4v) is 3.63. The van der Waals surface area contributed by atoms with Gasteiger partial charge >= 0.3 is 0 Å². The monoisotopic (exact) mass is 295 g/mol. The molecule has 3 heteroatoms. The first-order valence-electron chi connectivity index (χ1n) is 7.52. The smallest absolute Gasteiger partial charge is 0.254 e. The van der Waals surface area contributed by atoms with E-state index in [1.54, 1.807) is 25.8 Å². The lowest BCUT2D eigenvalue weighted by molar-refractivity contribution is -0.0684. The molecule has 22 heavy (non-hydrogen) atoms. The van der Waals surface area contributed by atoms with Crippen molar-refractivity contribution in [3.05, 3.63) is 71.3 Å². The van der Waals surface area contributed by atoms with Crippen molar-refractivity contribution in [2.75, 3.05) is 7.05 Å². The van der Waals surface area contributed by atoms with Gasteiger partial charge in [0, 0.05) is 19.0 Å². The lowest BCUT2D eigenvalue weighted by Gasteiger charge is -2.46. The van der Waals surface area contributed by atoms with Gasteiger partial charge in [-0.25, -0.2) is 0 Å². The number of nitrogens with zero attached hydrogens (tertiary/aromatic N) is 1. The Bertz CT molecular complexity index is 703. The minimum Gasteiger partial charge on any atom is -0.388 e. The highest BCUT2D eigenvalue weighted by Gasteiger charge is 2.56. The molecule has 1 aliphatic heterocycles. The fraction of sp³-hybridized carbons (Fsp3) is 0.316. The molecule has 3 rings (SSSR count). The van der Waals surface area contributed by atoms with E-state index < -0.39 is 11.1 Å². The molecule has 1 unspecified atom stereocenters. The van der Waals surface area contributed by atoms with E-state index in [0.717, 1.165) is 11.1 Å². The van der Waals surface area contributed by atoms with Crippen molar-refractivity contribution in [2.45, 2.75) is 31.4 Å². The zero-order valence-corrected chi connectivity index (χ0v) is 13.2. The summed E-state index contributed by atoms with van der Waals surface area (Å²) < 4.78 is 0. The Morgan fingerprint density at radius 2 is 1.64 bits per heavy atom. The predicted molar refractivity (Wildman–Crippen MR) is 86.7 cm³/mol. The highest BCUT2D eigenvalue weighted by Crippen LogP contribution is 2.47. The summed E-state index contributed by atoms with van der Waals surface area (Å²) in [6.07, 6.45) is 0.580. The average Bonchev–Trinajstić information content (AvgIpc) is 2.71. The van der Waals surface area contributed by atoms with Gasteiger partial charge in [-0.05, 0) is 31.0 Å². The molecule has 0 saturated heterocycles. The molecule has 0 bridgehead atoms. The highest BCUT2D eigenvalue weighted by atomic mass is 16.3. The lowest BCUT2D eigenvalue weighted by atomic mass is 9.72. The summed E-state index contributed by atoms with van der Waals surface area (Å²) in [5, 5.41) is 11.0. The Hall–Kier alpha value is -2.13. The number of likely N-dealkylation sites (N-methyl/N-ethyl adjacent to an activating group) is 1. The Morgan fingerprint density at radius 1 is 1.05 bits per heavy atom. The van der Waals surface area contributed by atoms with Gasteiger partial charge in [0.1, 0.15) is 5.54 Å². The number of benzene rings is 2. The van der Waals surface area contributed by atoms with E-state index in [1.165, 1.54) is 0 Å². The van der Waals surface area contributed by atoms with Gasteiger partial charge in [-0.3, -0.25) is 4.79 Å². The normalized spacial score (nSPS) is 21.1. The van der Waals surface area contributed by atoms with Crippen LogP contribution in [0.2, 0.25) is 0 Å². The van der Waals surface area contributed by atoms with Gasteiger partial charge < -0.3 is 10.0 Å². The van der Waals surface area contributed by atoms with E-state index in [4.69, 9.17) is 0 Å². The maximum atomic E-state index is 12.7. The van der Waals surface area contributed by atoms with Crippen LogP contribution in [0.3, 0.4) is 0 Å². The molecular weight excluding hydrogens is 274 g/mol. The van der Waals surface area contributed by atoms with E-state index in [-0.39, 0.29) is 5.91 Å².